The molecule has 0 atom stereocenters. The minimum atomic E-state index is 0.244. The van der Waals surface area contributed by atoms with Gasteiger partial charge in [-0.1, -0.05) is 12.8 Å². The molecule has 2 amide bonds. The van der Waals surface area contributed by atoms with E-state index in [-0.39, 0.29) is 11.3 Å². The first-order chi connectivity index (χ1) is 13.1. The van der Waals surface area contributed by atoms with Crippen molar-refractivity contribution in [2.24, 2.45) is 5.41 Å². The zero-order valence-electron chi connectivity index (χ0n) is 16.5. The number of likely N-dealkylation sites (tertiary alicyclic amines) is 2. The highest BCUT2D eigenvalue weighted by molar-refractivity contribution is 5.78. The number of imidazole rings is 1. The van der Waals surface area contributed by atoms with Crippen molar-refractivity contribution in [2.75, 3.05) is 19.6 Å². The van der Waals surface area contributed by atoms with Crippen LogP contribution in [0.4, 0.5) is 0 Å². The van der Waals surface area contributed by atoms with E-state index >= 15 is 0 Å². The molecule has 27 heavy (non-hydrogen) atoms. The van der Waals surface area contributed by atoms with Crippen molar-refractivity contribution in [3.8, 4) is 0 Å². The van der Waals surface area contributed by atoms with Crippen molar-refractivity contribution in [1.82, 2.24) is 19.4 Å². The first-order valence-corrected chi connectivity index (χ1v) is 10.6. The number of hydrogen-bond donors (Lipinski definition) is 0. The molecule has 0 unspecified atom stereocenters. The van der Waals surface area contributed by atoms with Gasteiger partial charge in [0.1, 0.15) is 5.82 Å². The maximum atomic E-state index is 12.6. The predicted octanol–water partition coefficient (Wildman–Crippen LogP) is 2.76. The molecule has 2 saturated heterocycles. The van der Waals surface area contributed by atoms with Crippen LogP contribution < -0.4 is 0 Å². The lowest BCUT2D eigenvalue weighted by Crippen LogP contribution is -2.54. The molecule has 6 nitrogen and oxygen atoms in total. The Bertz CT molecular complexity index is 684. The van der Waals surface area contributed by atoms with E-state index in [2.05, 4.69) is 9.88 Å². The molecule has 1 aromatic rings. The fraction of sp³-hybridized carbons (Fsp3) is 0.762. The van der Waals surface area contributed by atoms with Gasteiger partial charge in [0.15, 0.2) is 0 Å². The number of amides is 2. The third-order valence-electron chi connectivity index (χ3n) is 7.13. The smallest absolute Gasteiger partial charge is 0.224 e. The molecule has 0 radical (unpaired) electrons. The summed E-state index contributed by atoms with van der Waals surface area (Å²) >= 11 is 0. The van der Waals surface area contributed by atoms with Gasteiger partial charge in [0, 0.05) is 57.5 Å². The van der Waals surface area contributed by atoms with Gasteiger partial charge in [-0.3, -0.25) is 9.59 Å². The Morgan fingerprint density at radius 1 is 1.22 bits per heavy atom. The molecule has 3 aliphatic rings. The van der Waals surface area contributed by atoms with Crippen molar-refractivity contribution >= 4 is 11.8 Å². The van der Waals surface area contributed by atoms with Crippen LogP contribution in [0.3, 0.4) is 0 Å². The van der Waals surface area contributed by atoms with Crippen molar-refractivity contribution in [1.29, 1.82) is 0 Å². The molecular weight excluding hydrogens is 340 g/mol. The summed E-state index contributed by atoms with van der Waals surface area (Å²) in [5.74, 6) is 1.57. The zero-order chi connectivity index (χ0) is 18.9. The topological polar surface area (TPSA) is 58.4 Å². The monoisotopic (exact) mass is 372 g/mol. The quantitative estimate of drug-likeness (QED) is 0.817. The summed E-state index contributed by atoms with van der Waals surface area (Å²) < 4.78 is 2.04. The van der Waals surface area contributed by atoms with Gasteiger partial charge in [0.05, 0.1) is 0 Å². The molecule has 4 rings (SSSR count). The lowest BCUT2D eigenvalue weighted by Gasteiger charge is -2.49. The number of aryl methyl sites for hydroxylation is 2. The van der Waals surface area contributed by atoms with Gasteiger partial charge in [-0.2, -0.15) is 0 Å². The van der Waals surface area contributed by atoms with Crippen LogP contribution in [0.2, 0.25) is 0 Å². The van der Waals surface area contributed by atoms with E-state index < -0.39 is 0 Å². The van der Waals surface area contributed by atoms with Crippen LogP contribution in [-0.4, -0.2) is 56.8 Å². The fourth-order valence-corrected chi connectivity index (χ4v) is 5.25. The molecule has 3 fully saturated rings. The third kappa shape index (κ3) is 3.90. The normalized spacial score (nSPS) is 23.4. The molecule has 3 heterocycles. The highest BCUT2D eigenvalue weighted by Gasteiger charge is 2.43. The second kappa shape index (κ2) is 7.64. The summed E-state index contributed by atoms with van der Waals surface area (Å²) in [5.41, 5.74) is 0.244. The van der Waals surface area contributed by atoms with Crippen LogP contribution in [-0.2, 0) is 16.1 Å². The molecule has 1 saturated carbocycles. The number of aromatic nitrogens is 2. The van der Waals surface area contributed by atoms with Crippen LogP contribution >= 0.6 is 0 Å². The van der Waals surface area contributed by atoms with E-state index in [0.717, 1.165) is 44.7 Å². The van der Waals surface area contributed by atoms with Crippen molar-refractivity contribution < 1.29 is 9.59 Å². The Hall–Kier alpha value is -1.85. The SMILES string of the molecule is Cc1nccn1CCC(=O)N1CCC2(CCC(=O)N(C3CCCC3)C2)CC1. The van der Waals surface area contributed by atoms with Crippen LogP contribution in [0.5, 0.6) is 0 Å². The van der Waals surface area contributed by atoms with E-state index in [0.29, 0.717) is 31.3 Å². The van der Waals surface area contributed by atoms with Crippen LogP contribution in [0.1, 0.15) is 63.6 Å². The summed E-state index contributed by atoms with van der Waals surface area (Å²) in [6, 6.07) is 0.479. The van der Waals surface area contributed by atoms with Gasteiger partial charge in [-0.05, 0) is 44.4 Å². The molecule has 0 aromatic carbocycles. The molecular formula is C21H32N4O2. The molecule has 1 aromatic heterocycles. The van der Waals surface area contributed by atoms with E-state index in [4.69, 9.17) is 0 Å². The number of carbonyl (C=O) groups excluding carboxylic acids is 2. The largest absolute Gasteiger partial charge is 0.343 e. The Morgan fingerprint density at radius 2 is 1.96 bits per heavy atom. The van der Waals surface area contributed by atoms with Gasteiger partial charge in [-0.25, -0.2) is 4.98 Å². The van der Waals surface area contributed by atoms with Crippen molar-refractivity contribution in [3.05, 3.63) is 18.2 Å². The lowest BCUT2D eigenvalue weighted by molar-refractivity contribution is -0.145. The number of nitrogens with zero attached hydrogens (tertiary/aromatic N) is 4. The van der Waals surface area contributed by atoms with Crippen LogP contribution in [0, 0.1) is 12.3 Å². The summed E-state index contributed by atoms with van der Waals surface area (Å²) in [6.45, 7) is 5.28. The summed E-state index contributed by atoms with van der Waals surface area (Å²) in [7, 11) is 0. The Labute approximate surface area is 161 Å². The first-order valence-electron chi connectivity index (χ1n) is 10.6. The fourth-order valence-electron chi connectivity index (χ4n) is 5.25. The van der Waals surface area contributed by atoms with Crippen molar-refractivity contribution in [3.63, 3.8) is 0 Å². The van der Waals surface area contributed by atoms with Gasteiger partial charge in [0.2, 0.25) is 11.8 Å². The molecule has 0 N–H and O–H groups in total. The Balaban J connectivity index is 1.30. The maximum Gasteiger partial charge on any atom is 0.224 e. The van der Waals surface area contributed by atoms with Gasteiger partial charge in [-0.15, -0.1) is 0 Å². The lowest BCUT2D eigenvalue weighted by atomic mass is 9.72. The highest BCUT2D eigenvalue weighted by atomic mass is 16.2. The van der Waals surface area contributed by atoms with Crippen LogP contribution in [0.15, 0.2) is 12.4 Å². The van der Waals surface area contributed by atoms with Gasteiger partial charge in [0.25, 0.3) is 0 Å². The van der Waals surface area contributed by atoms with E-state index in [9.17, 15) is 9.59 Å². The molecule has 1 spiro atoms. The predicted molar refractivity (Wildman–Crippen MR) is 103 cm³/mol. The molecule has 2 aliphatic heterocycles. The van der Waals surface area contributed by atoms with Crippen molar-refractivity contribution in [2.45, 2.75) is 77.3 Å². The number of hydrogen-bond acceptors (Lipinski definition) is 3. The maximum absolute atomic E-state index is 12.6. The average molecular weight is 373 g/mol. The minimum absolute atomic E-state index is 0.244. The summed E-state index contributed by atoms with van der Waals surface area (Å²) in [6.07, 6.45) is 12.9. The number of carbonyl (C=O) groups is 2. The number of piperidine rings is 2. The minimum Gasteiger partial charge on any atom is -0.343 e. The molecule has 1 aliphatic carbocycles. The van der Waals surface area contributed by atoms with Crippen LogP contribution in [0.25, 0.3) is 0 Å². The summed E-state index contributed by atoms with van der Waals surface area (Å²) in [4.78, 5) is 33.5. The standard InChI is InChI=1S/C21H32N4O2/c1-17-22-11-15-23(17)12-7-19(26)24-13-9-21(10-14-24)8-6-20(27)25(16-21)18-4-2-3-5-18/h11,15,18H,2-10,12-14,16H2,1H3. The second-order valence-electron chi connectivity index (χ2n) is 8.76. The third-order valence-corrected chi connectivity index (χ3v) is 7.13. The second-order valence-corrected chi connectivity index (χ2v) is 8.76. The number of rotatable bonds is 4. The highest BCUT2D eigenvalue weighted by Crippen LogP contribution is 2.42. The summed E-state index contributed by atoms with van der Waals surface area (Å²) in [5, 5.41) is 0. The molecule has 6 heteroatoms. The van der Waals surface area contributed by atoms with Gasteiger partial charge < -0.3 is 14.4 Å². The molecule has 0 bridgehead atoms. The Morgan fingerprint density at radius 3 is 2.63 bits per heavy atom. The average Bonchev–Trinajstić information content (AvgIpc) is 3.34. The van der Waals surface area contributed by atoms with Gasteiger partial charge >= 0.3 is 0 Å². The van der Waals surface area contributed by atoms with E-state index in [1.807, 2.05) is 22.6 Å². The molecule has 148 valence electrons. The van der Waals surface area contributed by atoms with E-state index in [1.165, 1.54) is 25.7 Å². The zero-order valence-corrected chi connectivity index (χ0v) is 16.5. The first kappa shape index (κ1) is 18.5. The Kier molecular flexibility index (Phi) is 5.24. The van der Waals surface area contributed by atoms with E-state index in [1.54, 1.807) is 6.20 Å².